The summed E-state index contributed by atoms with van der Waals surface area (Å²) in [6, 6.07) is 23.5. The molecule has 1 amide bonds. The highest BCUT2D eigenvalue weighted by atomic mass is 79.9. The van der Waals surface area contributed by atoms with Crippen LogP contribution >= 0.6 is 39.1 Å². The summed E-state index contributed by atoms with van der Waals surface area (Å²) in [7, 11) is -2.58. The van der Waals surface area contributed by atoms with E-state index in [2.05, 4.69) is 26.5 Å². The zero-order valence-electron chi connectivity index (χ0n) is 22.6. The van der Waals surface area contributed by atoms with Crippen molar-refractivity contribution in [3.63, 3.8) is 0 Å². The van der Waals surface area contributed by atoms with Gasteiger partial charge in [-0.1, -0.05) is 59.6 Å². The number of carbonyl (C=O) groups excluding carboxylic acids is 1. The van der Waals surface area contributed by atoms with Crippen LogP contribution in [0.25, 0.3) is 0 Å². The number of methoxy groups -OCH3 is 1. The highest BCUT2D eigenvalue weighted by Crippen LogP contribution is 2.37. The number of benzene rings is 4. The Bertz CT molecular complexity index is 1700. The molecule has 8 nitrogen and oxygen atoms in total. The Kier molecular flexibility index (Phi) is 10.5. The summed E-state index contributed by atoms with van der Waals surface area (Å²) in [5.74, 6) is 0.286. The molecule has 0 aliphatic carbocycles. The number of nitrogens with one attached hydrogen (secondary N) is 1. The Morgan fingerprint density at radius 3 is 2.43 bits per heavy atom. The van der Waals surface area contributed by atoms with Crippen LogP contribution in [-0.4, -0.2) is 34.2 Å². The fourth-order valence-electron chi connectivity index (χ4n) is 3.92. The van der Waals surface area contributed by atoms with Gasteiger partial charge in [0, 0.05) is 10.0 Å². The van der Waals surface area contributed by atoms with E-state index in [1.807, 2.05) is 12.1 Å². The molecule has 0 heterocycles. The number of nitrogens with zero attached hydrogens (tertiary/aromatic N) is 2. The third kappa shape index (κ3) is 7.63. The van der Waals surface area contributed by atoms with Crippen molar-refractivity contribution in [3.8, 4) is 11.5 Å². The van der Waals surface area contributed by atoms with Gasteiger partial charge in [-0.25, -0.2) is 13.8 Å². The monoisotopic (exact) mass is 689 g/mol. The smallest absolute Gasteiger partial charge is 0.264 e. The number of rotatable bonds is 11. The third-order valence-corrected chi connectivity index (χ3v) is 9.10. The summed E-state index contributed by atoms with van der Waals surface area (Å²) in [4.78, 5) is 13.0. The molecule has 0 aliphatic heterocycles. The van der Waals surface area contributed by atoms with Gasteiger partial charge in [-0.2, -0.15) is 5.10 Å². The van der Waals surface area contributed by atoms with Crippen molar-refractivity contribution in [2.24, 2.45) is 5.10 Å². The summed E-state index contributed by atoms with van der Waals surface area (Å²) in [5, 5.41) is 5.04. The molecule has 42 heavy (non-hydrogen) atoms. The van der Waals surface area contributed by atoms with Crippen LogP contribution in [0.4, 0.5) is 5.69 Å². The van der Waals surface area contributed by atoms with Crippen molar-refractivity contribution in [2.75, 3.05) is 18.0 Å². The van der Waals surface area contributed by atoms with E-state index in [4.69, 9.17) is 32.7 Å². The van der Waals surface area contributed by atoms with E-state index >= 15 is 0 Å². The molecule has 12 heteroatoms. The fraction of sp³-hybridized carbons (Fsp3) is 0.133. The highest BCUT2D eigenvalue weighted by Gasteiger charge is 2.28. The molecule has 0 radical (unpaired) electrons. The zero-order chi connectivity index (χ0) is 30.3. The lowest BCUT2D eigenvalue weighted by atomic mass is 10.2. The normalized spacial score (nSPS) is 11.4. The molecule has 0 fully saturated rings. The van der Waals surface area contributed by atoms with E-state index in [0.29, 0.717) is 43.8 Å². The lowest BCUT2D eigenvalue weighted by molar-refractivity contribution is -0.119. The average Bonchev–Trinajstić information content (AvgIpc) is 2.98. The van der Waals surface area contributed by atoms with Gasteiger partial charge in [0.15, 0.2) is 11.5 Å². The van der Waals surface area contributed by atoms with Crippen LogP contribution in [0.2, 0.25) is 10.0 Å². The fourth-order valence-corrected chi connectivity index (χ4v) is 6.29. The number of sulfonamides is 1. The van der Waals surface area contributed by atoms with E-state index < -0.39 is 22.5 Å². The molecule has 4 aromatic carbocycles. The Labute approximate surface area is 263 Å². The van der Waals surface area contributed by atoms with Crippen LogP contribution in [0.5, 0.6) is 11.5 Å². The first-order valence-corrected chi connectivity index (χ1v) is 15.5. The summed E-state index contributed by atoms with van der Waals surface area (Å²) >= 11 is 15.7. The van der Waals surface area contributed by atoms with Crippen LogP contribution in [0.3, 0.4) is 0 Å². The van der Waals surface area contributed by atoms with Crippen molar-refractivity contribution < 1.29 is 22.7 Å². The minimum atomic E-state index is -4.09. The van der Waals surface area contributed by atoms with Gasteiger partial charge in [0.05, 0.1) is 28.4 Å². The third-order valence-electron chi connectivity index (χ3n) is 6.08. The van der Waals surface area contributed by atoms with Crippen molar-refractivity contribution in [1.29, 1.82) is 0 Å². The SMILES string of the molecule is COc1cc(/C=N\NC(=O)CN(c2cccc(Cl)c2C)S(=O)(=O)c2ccccc2)cc(Br)c1OCc1ccc(Cl)cc1. The summed E-state index contributed by atoms with van der Waals surface area (Å²) in [6.45, 7) is 1.46. The van der Waals surface area contributed by atoms with E-state index in [-0.39, 0.29) is 10.6 Å². The van der Waals surface area contributed by atoms with Crippen molar-refractivity contribution in [2.45, 2.75) is 18.4 Å². The molecule has 218 valence electrons. The van der Waals surface area contributed by atoms with Gasteiger partial charge >= 0.3 is 0 Å². The lowest BCUT2D eigenvalue weighted by Gasteiger charge is -2.25. The van der Waals surface area contributed by atoms with Gasteiger partial charge < -0.3 is 9.47 Å². The van der Waals surface area contributed by atoms with Gasteiger partial charge in [-0.15, -0.1) is 0 Å². The number of ether oxygens (including phenoxy) is 2. The molecule has 0 spiro atoms. The van der Waals surface area contributed by atoms with Gasteiger partial charge in [0.2, 0.25) is 0 Å². The Morgan fingerprint density at radius 2 is 1.74 bits per heavy atom. The predicted molar refractivity (Wildman–Crippen MR) is 169 cm³/mol. The second kappa shape index (κ2) is 14.1. The van der Waals surface area contributed by atoms with Crippen LogP contribution in [0, 0.1) is 6.92 Å². The average molecular weight is 691 g/mol. The Balaban J connectivity index is 1.50. The number of halogens is 3. The first-order valence-electron chi connectivity index (χ1n) is 12.5. The lowest BCUT2D eigenvalue weighted by Crippen LogP contribution is -2.40. The summed E-state index contributed by atoms with van der Waals surface area (Å²) in [5.41, 5.74) is 4.73. The van der Waals surface area contributed by atoms with Crippen molar-refractivity contribution in [3.05, 3.63) is 116 Å². The van der Waals surface area contributed by atoms with Crippen molar-refractivity contribution in [1.82, 2.24) is 5.43 Å². The number of hydrogen-bond donors (Lipinski definition) is 1. The number of carbonyl (C=O) groups is 1. The van der Waals surface area contributed by atoms with E-state index in [9.17, 15) is 13.2 Å². The number of hydrogen-bond acceptors (Lipinski definition) is 6. The molecular formula is C30H26BrCl2N3O5S. The van der Waals surface area contributed by atoms with Crippen LogP contribution < -0.4 is 19.2 Å². The van der Waals surface area contributed by atoms with Crippen molar-refractivity contribution >= 4 is 67.0 Å². The molecule has 1 N–H and O–H groups in total. The predicted octanol–water partition coefficient (Wildman–Crippen LogP) is 7.00. The Morgan fingerprint density at radius 1 is 1.02 bits per heavy atom. The molecular weight excluding hydrogens is 665 g/mol. The topological polar surface area (TPSA) is 97.3 Å². The quantitative estimate of drug-likeness (QED) is 0.135. The molecule has 0 aliphatic rings. The number of amides is 1. The second-order valence-electron chi connectivity index (χ2n) is 8.95. The van der Waals surface area contributed by atoms with Crippen LogP contribution in [0.1, 0.15) is 16.7 Å². The molecule has 4 aromatic rings. The standard InChI is InChI=1S/C30H26BrCl2N3O5S/c1-20-26(33)9-6-10-27(20)36(42(38,39)24-7-4-3-5-8-24)18-29(37)35-34-17-22-15-25(31)30(28(16-22)40-2)41-19-21-11-13-23(32)14-12-21/h3-17H,18-19H2,1-2H3,(H,35,37)/b34-17-. The van der Waals surface area contributed by atoms with E-state index in [1.165, 1.54) is 25.5 Å². The molecule has 0 aromatic heterocycles. The molecule has 0 atom stereocenters. The molecule has 0 bridgehead atoms. The molecule has 4 rings (SSSR count). The summed E-state index contributed by atoms with van der Waals surface area (Å²) in [6.07, 6.45) is 1.41. The number of hydrazone groups is 1. The van der Waals surface area contributed by atoms with E-state index in [0.717, 1.165) is 9.87 Å². The minimum Gasteiger partial charge on any atom is -0.493 e. The Hall–Kier alpha value is -3.57. The first kappa shape index (κ1) is 31.4. The maximum absolute atomic E-state index is 13.6. The largest absolute Gasteiger partial charge is 0.493 e. The van der Waals surface area contributed by atoms with Gasteiger partial charge in [-0.05, 0) is 88.1 Å². The minimum absolute atomic E-state index is 0.0380. The maximum atomic E-state index is 13.6. The van der Waals surface area contributed by atoms with Crippen LogP contribution in [-0.2, 0) is 21.4 Å². The van der Waals surface area contributed by atoms with Gasteiger partial charge in [0.25, 0.3) is 15.9 Å². The second-order valence-corrected chi connectivity index (χ2v) is 12.5. The molecule has 0 saturated heterocycles. The first-order chi connectivity index (χ1) is 20.1. The van der Waals surface area contributed by atoms with E-state index in [1.54, 1.807) is 67.6 Å². The van der Waals surface area contributed by atoms with Gasteiger partial charge in [0.1, 0.15) is 13.2 Å². The number of anilines is 1. The van der Waals surface area contributed by atoms with Gasteiger partial charge in [-0.3, -0.25) is 9.10 Å². The highest BCUT2D eigenvalue weighted by molar-refractivity contribution is 9.10. The molecule has 0 saturated carbocycles. The maximum Gasteiger partial charge on any atom is 0.264 e. The van der Waals surface area contributed by atoms with Crippen LogP contribution in [0.15, 0.2) is 99.4 Å². The summed E-state index contributed by atoms with van der Waals surface area (Å²) < 4.78 is 40.2. The molecule has 0 unspecified atom stereocenters. The zero-order valence-corrected chi connectivity index (χ0v) is 26.5.